The van der Waals surface area contributed by atoms with Gasteiger partial charge in [-0.3, -0.25) is 9.36 Å². The number of benzene rings is 1. The van der Waals surface area contributed by atoms with Crippen LogP contribution >= 0.6 is 0 Å². The molecule has 1 aliphatic heterocycles. The van der Waals surface area contributed by atoms with Crippen LogP contribution in [0.1, 0.15) is 30.3 Å². The number of alkyl halides is 3. The molecule has 3 aromatic rings. The molecule has 1 N–H and O–H groups in total. The Hall–Kier alpha value is -3.04. The monoisotopic (exact) mass is 406 g/mol. The van der Waals surface area contributed by atoms with Crippen LogP contribution in [-0.2, 0) is 19.8 Å². The smallest absolute Gasteiger partial charge is 0.332 e. The van der Waals surface area contributed by atoms with Gasteiger partial charge in [0.05, 0.1) is 23.8 Å². The van der Waals surface area contributed by atoms with Gasteiger partial charge in [-0.25, -0.2) is 4.79 Å². The number of likely N-dealkylation sites (tertiary alicyclic amines) is 1. The number of fused-ring (bicyclic) bond motifs is 1. The van der Waals surface area contributed by atoms with Crippen LogP contribution in [0.5, 0.6) is 0 Å². The number of hydrogen-bond donors (Lipinski definition) is 1. The molecule has 29 heavy (non-hydrogen) atoms. The lowest BCUT2D eigenvalue weighted by atomic mass is 10.1. The second-order valence-electron chi connectivity index (χ2n) is 7.17. The molecule has 2 aromatic heterocycles. The minimum absolute atomic E-state index is 0.257. The normalized spacial score (nSPS) is 17.7. The Kier molecular flexibility index (Phi) is 4.93. The number of nitrogens with one attached hydrogen (secondary N) is 1. The number of para-hydroxylation sites is 1. The summed E-state index contributed by atoms with van der Waals surface area (Å²) in [7, 11) is 1.85. The fourth-order valence-corrected chi connectivity index (χ4v) is 3.74. The summed E-state index contributed by atoms with van der Waals surface area (Å²) < 4.78 is 41.5. The number of aryl methyl sites for hydroxylation is 1. The summed E-state index contributed by atoms with van der Waals surface area (Å²) in [4.78, 5) is 14.2. The zero-order valence-electron chi connectivity index (χ0n) is 15.9. The summed E-state index contributed by atoms with van der Waals surface area (Å²) in [5.41, 5.74) is 0.835. The van der Waals surface area contributed by atoms with Gasteiger partial charge in [0.25, 0.3) is 0 Å². The molecule has 10 heteroatoms. The van der Waals surface area contributed by atoms with Gasteiger partial charge in [-0.2, -0.15) is 23.4 Å². The quantitative estimate of drug-likeness (QED) is 0.726. The minimum Gasteiger partial charge on any atom is -0.332 e. The molecular formula is C19H21F3N6O. The van der Waals surface area contributed by atoms with Crippen molar-refractivity contribution in [2.45, 2.75) is 31.6 Å². The SMILES string of the molecule is Cn1nc(CNC(=O)N2CCCC(n3ccc(C(F)(F)F)n3)C2)c2ccccc21. The van der Waals surface area contributed by atoms with Gasteiger partial charge in [0.15, 0.2) is 5.69 Å². The molecule has 3 heterocycles. The van der Waals surface area contributed by atoms with E-state index in [1.807, 2.05) is 31.3 Å². The van der Waals surface area contributed by atoms with E-state index in [1.54, 1.807) is 9.58 Å². The molecule has 0 aliphatic carbocycles. The van der Waals surface area contributed by atoms with Crippen LogP contribution in [0.2, 0.25) is 0 Å². The number of aromatic nitrogens is 4. The fourth-order valence-electron chi connectivity index (χ4n) is 3.74. The third-order valence-corrected chi connectivity index (χ3v) is 5.20. The van der Waals surface area contributed by atoms with Crippen LogP contribution < -0.4 is 5.32 Å². The fraction of sp³-hybridized carbons (Fsp3) is 0.421. The Morgan fingerprint density at radius 3 is 2.79 bits per heavy atom. The Morgan fingerprint density at radius 2 is 2.03 bits per heavy atom. The predicted molar refractivity (Wildman–Crippen MR) is 100 cm³/mol. The first-order valence-corrected chi connectivity index (χ1v) is 9.38. The van der Waals surface area contributed by atoms with Crippen molar-refractivity contribution in [3.05, 3.63) is 47.9 Å². The Morgan fingerprint density at radius 1 is 1.24 bits per heavy atom. The lowest BCUT2D eigenvalue weighted by molar-refractivity contribution is -0.141. The highest BCUT2D eigenvalue weighted by molar-refractivity contribution is 5.82. The first kappa shape index (κ1) is 19.3. The van der Waals surface area contributed by atoms with Crippen molar-refractivity contribution in [2.75, 3.05) is 13.1 Å². The van der Waals surface area contributed by atoms with E-state index in [0.717, 1.165) is 22.7 Å². The molecule has 0 saturated carbocycles. The van der Waals surface area contributed by atoms with Crippen molar-refractivity contribution >= 4 is 16.9 Å². The molecule has 7 nitrogen and oxygen atoms in total. The summed E-state index contributed by atoms with van der Waals surface area (Å²) in [5, 5.41) is 12.0. The molecule has 1 saturated heterocycles. The lowest BCUT2D eigenvalue weighted by Crippen LogP contribution is -2.45. The number of rotatable bonds is 3. The zero-order valence-corrected chi connectivity index (χ0v) is 15.9. The number of nitrogens with zero attached hydrogens (tertiary/aromatic N) is 5. The van der Waals surface area contributed by atoms with Gasteiger partial charge < -0.3 is 10.2 Å². The van der Waals surface area contributed by atoms with Crippen LogP contribution in [0.4, 0.5) is 18.0 Å². The largest absolute Gasteiger partial charge is 0.435 e. The molecular weight excluding hydrogens is 385 g/mol. The van der Waals surface area contributed by atoms with Crippen molar-refractivity contribution in [3.63, 3.8) is 0 Å². The van der Waals surface area contributed by atoms with Gasteiger partial charge in [-0.1, -0.05) is 18.2 Å². The maximum atomic E-state index is 12.8. The molecule has 0 radical (unpaired) electrons. The van der Waals surface area contributed by atoms with Gasteiger partial charge in [0, 0.05) is 31.7 Å². The number of halogens is 3. The average Bonchev–Trinajstić information content (AvgIpc) is 3.32. The third kappa shape index (κ3) is 3.92. The highest BCUT2D eigenvalue weighted by atomic mass is 19.4. The summed E-state index contributed by atoms with van der Waals surface area (Å²) in [5.74, 6) is 0. The van der Waals surface area contributed by atoms with E-state index < -0.39 is 11.9 Å². The van der Waals surface area contributed by atoms with Gasteiger partial charge in [0.1, 0.15) is 0 Å². The number of carbonyl (C=O) groups excluding carboxylic acids is 1. The highest BCUT2D eigenvalue weighted by Crippen LogP contribution is 2.29. The second-order valence-corrected chi connectivity index (χ2v) is 7.17. The molecule has 1 fully saturated rings. The van der Waals surface area contributed by atoms with Crippen molar-refractivity contribution in [2.24, 2.45) is 7.05 Å². The Labute approximate surface area is 165 Å². The maximum absolute atomic E-state index is 12.8. The van der Waals surface area contributed by atoms with Crippen molar-refractivity contribution < 1.29 is 18.0 Å². The predicted octanol–water partition coefficient (Wildman–Crippen LogP) is 3.34. The van der Waals surface area contributed by atoms with Crippen molar-refractivity contribution in [3.8, 4) is 0 Å². The van der Waals surface area contributed by atoms with Gasteiger partial charge in [-0.05, 0) is 25.0 Å². The first-order valence-electron chi connectivity index (χ1n) is 9.38. The summed E-state index contributed by atoms with van der Waals surface area (Å²) in [6.45, 7) is 1.15. The molecule has 154 valence electrons. The molecule has 1 aromatic carbocycles. The zero-order chi connectivity index (χ0) is 20.6. The van der Waals surface area contributed by atoms with Crippen LogP contribution in [-0.4, -0.2) is 43.6 Å². The van der Waals surface area contributed by atoms with E-state index >= 15 is 0 Å². The van der Waals surface area contributed by atoms with E-state index in [2.05, 4.69) is 15.5 Å². The van der Waals surface area contributed by atoms with E-state index in [-0.39, 0.29) is 18.6 Å². The first-order chi connectivity index (χ1) is 13.8. The molecule has 0 bridgehead atoms. The number of amides is 2. The summed E-state index contributed by atoms with van der Waals surface area (Å²) in [6.07, 6.45) is -1.77. The molecule has 1 atom stereocenters. The topological polar surface area (TPSA) is 68.0 Å². The standard InChI is InChI=1S/C19H21F3N6O/c1-26-16-7-3-2-6-14(16)15(24-26)11-23-18(29)27-9-4-5-13(12-27)28-10-8-17(25-28)19(20,21)22/h2-3,6-8,10,13H,4-5,9,11-12H2,1H3,(H,23,29). The van der Waals surface area contributed by atoms with Gasteiger partial charge >= 0.3 is 12.2 Å². The minimum atomic E-state index is -4.47. The van der Waals surface area contributed by atoms with Crippen LogP contribution in [0.3, 0.4) is 0 Å². The second kappa shape index (κ2) is 7.41. The molecule has 0 spiro atoms. The molecule has 2 amide bonds. The molecule has 1 unspecified atom stereocenters. The van der Waals surface area contributed by atoms with Crippen molar-refractivity contribution in [1.82, 2.24) is 29.8 Å². The Bertz CT molecular complexity index is 1020. The number of hydrogen-bond acceptors (Lipinski definition) is 3. The average molecular weight is 406 g/mol. The summed E-state index contributed by atoms with van der Waals surface area (Å²) >= 11 is 0. The molecule has 4 rings (SSSR count). The summed E-state index contributed by atoms with van der Waals surface area (Å²) in [6, 6.07) is 8.20. The van der Waals surface area contributed by atoms with E-state index in [0.29, 0.717) is 25.9 Å². The third-order valence-electron chi connectivity index (χ3n) is 5.20. The van der Waals surface area contributed by atoms with Gasteiger partial charge in [0.2, 0.25) is 0 Å². The number of piperidine rings is 1. The molecule has 1 aliphatic rings. The van der Waals surface area contributed by atoms with Crippen molar-refractivity contribution in [1.29, 1.82) is 0 Å². The van der Waals surface area contributed by atoms with Crippen LogP contribution in [0, 0.1) is 0 Å². The Balaban J connectivity index is 1.40. The van der Waals surface area contributed by atoms with Crippen LogP contribution in [0.15, 0.2) is 36.5 Å². The lowest BCUT2D eigenvalue weighted by Gasteiger charge is -2.32. The number of carbonyl (C=O) groups is 1. The maximum Gasteiger partial charge on any atom is 0.435 e. The van der Waals surface area contributed by atoms with E-state index in [4.69, 9.17) is 0 Å². The highest BCUT2D eigenvalue weighted by Gasteiger charge is 2.35. The van der Waals surface area contributed by atoms with Gasteiger partial charge in [-0.15, -0.1) is 0 Å². The van der Waals surface area contributed by atoms with Crippen LogP contribution in [0.25, 0.3) is 10.9 Å². The van der Waals surface area contributed by atoms with E-state index in [1.165, 1.54) is 10.9 Å². The number of urea groups is 1. The van der Waals surface area contributed by atoms with E-state index in [9.17, 15) is 18.0 Å².